The Morgan fingerprint density at radius 3 is 2.85 bits per heavy atom. The summed E-state index contributed by atoms with van der Waals surface area (Å²) in [6, 6.07) is 15.8. The molecule has 1 N–H and O–H groups in total. The lowest BCUT2D eigenvalue weighted by molar-refractivity contribution is 0.146. The number of nitrogens with zero attached hydrogens (tertiary/aromatic N) is 3. The van der Waals surface area contributed by atoms with Crippen LogP contribution in [0.25, 0.3) is 0 Å². The Bertz CT molecular complexity index is 935. The molecule has 1 aliphatic heterocycles. The van der Waals surface area contributed by atoms with Gasteiger partial charge in [-0.1, -0.05) is 28.1 Å². The standard InChI is InChI=1S/C19H17BrN4O2/c1-25-8-9-26-16-7-3-6-15(11-16)24-17-12-21-19(23-18(17)24)22-14-5-2-4-13(20)10-14/h2-7,10-12H,8-9H2,1H3,(H,21,22,23). The maximum atomic E-state index is 5.67. The summed E-state index contributed by atoms with van der Waals surface area (Å²) in [5.41, 5.74) is 2.93. The van der Waals surface area contributed by atoms with Crippen molar-refractivity contribution in [1.29, 1.82) is 0 Å². The summed E-state index contributed by atoms with van der Waals surface area (Å²) in [7, 11) is 1.66. The molecule has 2 aromatic carbocycles. The molecule has 3 aromatic rings. The highest BCUT2D eigenvalue weighted by molar-refractivity contribution is 9.10. The number of hydrogen-bond donors (Lipinski definition) is 1. The fraction of sp³-hybridized carbons (Fsp3) is 0.158. The van der Waals surface area contributed by atoms with E-state index in [9.17, 15) is 0 Å². The van der Waals surface area contributed by atoms with Gasteiger partial charge in [0.25, 0.3) is 0 Å². The van der Waals surface area contributed by atoms with E-state index in [1.54, 1.807) is 7.11 Å². The molecule has 6 nitrogen and oxygen atoms in total. The molecule has 0 bridgehead atoms. The molecular weight excluding hydrogens is 396 g/mol. The molecule has 0 amide bonds. The van der Waals surface area contributed by atoms with Gasteiger partial charge in [0.2, 0.25) is 5.95 Å². The second-order valence-corrected chi connectivity index (χ2v) is 6.63. The third kappa shape index (κ3) is 3.63. The van der Waals surface area contributed by atoms with Crippen molar-refractivity contribution in [3.05, 3.63) is 59.2 Å². The molecule has 0 saturated carbocycles. The number of nitrogens with one attached hydrogen (secondary N) is 1. The van der Waals surface area contributed by atoms with Crippen molar-refractivity contribution in [3.8, 4) is 5.75 Å². The molecule has 0 unspecified atom stereocenters. The molecule has 0 saturated heterocycles. The monoisotopic (exact) mass is 412 g/mol. The molecule has 1 aliphatic rings. The van der Waals surface area contributed by atoms with E-state index < -0.39 is 0 Å². The number of benzene rings is 2. The Morgan fingerprint density at radius 1 is 1.12 bits per heavy atom. The van der Waals surface area contributed by atoms with Crippen LogP contribution in [0.3, 0.4) is 0 Å². The predicted molar refractivity (Wildman–Crippen MR) is 105 cm³/mol. The first-order chi connectivity index (χ1) is 12.7. The molecule has 7 heteroatoms. The smallest absolute Gasteiger partial charge is 0.229 e. The Labute approximate surface area is 159 Å². The van der Waals surface area contributed by atoms with Crippen LogP contribution in [0.4, 0.5) is 28.8 Å². The van der Waals surface area contributed by atoms with Gasteiger partial charge in [-0.15, -0.1) is 0 Å². The van der Waals surface area contributed by atoms with E-state index >= 15 is 0 Å². The highest BCUT2D eigenvalue weighted by Crippen LogP contribution is 2.52. The highest BCUT2D eigenvalue weighted by Gasteiger charge is 2.34. The summed E-state index contributed by atoms with van der Waals surface area (Å²) in [6.45, 7) is 1.08. The van der Waals surface area contributed by atoms with E-state index in [0.717, 1.165) is 33.1 Å². The lowest BCUT2D eigenvalue weighted by Gasteiger charge is -2.08. The van der Waals surface area contributed by atoms with Crippen molar-refractivity contribution in [2.75, 3.05) is 30.5 Å². The van der Waals surface area contributed by atoms with Gasteiger partial charge in [0, 0.05) is 23.3 Å². The van der Waals surface area contributed by atoms with Crippen molar-refractivity contribution < 1.29 is 9.47 Å². The Kier molecular flexibility index (Phi) is 4.73. The number of methoxy groups -OCH3 is 1. The number of ether oxygens (including phenoxy) is 2. The van der Waals surface area contributed by atoms with Crippen LogP contribution in [-0.4, -0.2) is 30.3 Å². The molecular formula is C19H17BrN4O2. The zero-order valence-corrected chi connectivity index (χ0v) is 15.7. The van der Waals surface area contributed by atoms with E-state index in [1.165, 1.54) is 0 Å². The van der Waals surface area contributed by atoms with E-state index in [4.69, 9.17) is 9.47 Å². The van der Waals surface area contributed by atoms with Crippen LogP contribution in [0, 0.1) is 0 Å². The van der Waals surface area contributed by atoms with Gasteiger partial charge in [-0.2, -0.15) is 4.98 Å². The fourth-order valence-electron chi connectivity index (χ4n) is 2.61. The second kappa shape index (κ2) is 7.31. The minimum Gasteiger partial charge on any atom is -0.491 e. The lowest BCUT2D eigenvalue weighted by Crippen LogP contribution is -2.04. The molecule has 2 heterocycles. The zero-order chi connectivity index (χ0) is 17.9. The Balaban J connectivity index is 1.47. The van der Waals surface area contributed by atoms with Crippen LogP contribution in [0.1, 0.15) is 0 Å². The predicted octanol–water partition coefficient (Wildman–Crippen LogP) is 4.79. The van der Waals surface area contributed by atoms with Crippen LogP contribution in [0.15, 0.2) is 59.2 Å². The van der Waals surface area contributed by atoms with Gasteiger partial charge in [0.1, 0.15) is 18.0 Å². The number of aromatic nitrogens is 2. The van der Waals surface area contributed by atoms with Crippen LogP contribution in [0.5, 0.6) is 5.75 Å². The summed E-state index contributed by atoms with van der Waals surface area (Å²) >= 11 is 3.46. The lowest BCUT2D eigenvalue weighted by atomic mass is 10.3. The van der Waals surface area contributed by atoms with E-state index in [-0.39, 0.29) is 0 Å². The summed E-state index contributed by atoms with van der Waals surface area (Å²) in [4.78, 5) is 11.0. The molecule has 0 aliphatic carbocycles. The summed E-state index contributed by atoms with van der Waals surface area (Å²) < 4.78 is 11.7. The molecule has 0 fully saturated rings. The molecule has 4 rings (SSSR count). The molecule has 26 heavy (non-hydrogen) atoms. The molecule has 132 valence electrons. The topological polar surface area (TPSA) is 59.3 Å². The van der Waals surface area contributed by atoms with E-state index in [0.29, 0.717) is 19.2 Å². The quantitative estimate of drug-likeness (QED) is 0.347. The maximum absolute atomic E-state index is 5.67. The minimum atomic E-state index is 0.521. The van der Waals surface area contributed by atoms with Gasteiger partial charge in [0.15, 0.2) is 5.82 Å². The number of hydrogen-bond acceptors (Lipinski definition) is 6. The molecule has 0 radical (unpaired) electrons. The normalized spacial score (nSPS) is 11.8. The van der Waals surface area contributed by atoms with Gasteiger partial charge in [-0.25, -0.2) is 4.98 Å². The van der Waals surface area contributed by atoms with E-state index in [1.807, 2.05) is 59.6 Å². The maximum Gasteiger partial charge on any atom is 0.229 e. The van der Waals surface area contributed by atoms with Gasteiger partial charge < -0.3 is 14.8 Å². The Hall–Kier alpha value is -2.64. The van der Waals surface area contributed by atoms with Gasteiger partial charge in [-0.3, -0.25) is 4.90 Å². The van der Waals surface area contributed by atoms with Gasteiger partial charge in [-0.05, 0) is 30.3 Å². The first kappa shape index (κ1) is 16.8. The summed E-state index contributed by atoms with van der Waals surface area (Å²) in [6.07, 6.45) is 1.82. The average molecular weight is 413 g/mol. The molecule has 0 atom stereocenters. The van der Waals surface area contributed by atoms with Gasteiger partial charge in [0.05, 0.1) is 18.5 Å². The molecule has 1 aromatic heterocycles. The van der Waals surface area contributed by atoms with Crippen molar-refractivity contribution in [1.82, 2.24) is 9.97 Å². The van der Waals surface area contributed by atoms with Gasteiger partial charge >= 0.3 is 0 Å². The SMILES string of the molecule is COCCOc1cccc(N2c3cnc(Nc4cccc(Br)c4)nc32)c1. The second-order valence-electron chi connectivity index (χ2n) is 5.71. The van der Waals surface area contributed by atoms with Crippen molar-refractivity contribution in [2.24, 2.45) is 0 Å². The summed E-state index contributed by atoms with van der Waals surface area (Å²) in [5, 5.41) is 3.22. The Morgan fingerprint density at radius 2 is 2.00 bits per heavy atom. The largest absolute Gasteiger partial charge is 0.491 e. The average Bonchev–Trinajstić information content (AvgIpc) is 3.36. The van der Waals surface area contributed by atoms with Crippen LogP contribution >= 0.6 is 15.9 Å². The van der Waals surface area contributed by atoms with E-state index in [2.05, 4.69) is 31.2 Å². The molecule has 0 spiro atoms. The zero-order valence-electron chi connectivity index (χ0n) is 14.1. The number of fused-ring (bicyclic) bond motifs is 1. The highest BCUT2D eigenvalue weighted by atomic mass is 79.9. The third-order valence-corrected chi connectivity index (χ3v) is 4.36. The fourth-order valence-corrected chi connectivity index (χ4v) is 3.01. The number of rotatable bonds is 7. The first-order valence-electron chi connectivity index (χ1n) is 8.16. The van der Waals surface area contributed by atoms with Crippen LogP contribution < -0.4 is 15.0 Å². The number of halogens is 1. The number of anilines is 5. The first-order valence-corrected chi connectivity index (χ1v) is 8.95. The minimum absolute atomic E-state index is 0.521. The summed E-state index contributed by atoms with van der Waals surface area (Å²) in [5.74, 6) is 2.26. The van der Waals surface area contributed by atoms with Crippen molar-refractivity contribution in [2.45, 2.75) is 0 Å². The van der Waals surface area contributed by atoms with Crippen LogP contribution in [0.2, 0.25) is 0 Å². The van der Waals surface area contributed by atoms with Crippen molar-refractivity contribution in [3.63, 3.8) is 0 Å². The third-order valence-electron chi connectivity index (χ3n) is 3.87. The van der Waals surface area contributed by atoms with Crippen LogP contribution in [-0.2, 0) is 4.74 Å². The van der Waals surface area contributed by atoms with Crippen molar-refractivity contribution >= 4 is 44.8 Å².